The maximum atomic E-state index is 12.7. The fourth-order valence-corrected chi connectivity index (χ4v) is 2.41. The van der Waals surface area contributed by atoms with E-state index in [-0.39, 0.29) is 0 Å². The second kappa shape index (κ2) is 4.77. The largest absolute Gasteiger partial charge is 0.417 e. The van der Waals surface area contributed by atoms with Crippen LogP contribution in [0.15, 0.2) is 18.5 Å². The van der Waals surface area contributed by atoms with E-state index >= 15 is 0 Å². The zero-order valence-corrected chi connectivity index (χ0v) is 11.2. The van der Waals surface area contributed by atoms with E-state index < -0.39 is 11.7 Å². The average molecular weight is 283 g/mol. The highest BCUT2D eigenvalue weighted by molar-refractivity contribution is 5.80. The first-order chi connectivity index (χ1) is 9.45. The van der Waals surface area contributed by atoms with E-state index in [0.717, 1.165) is 24.7 Å². The number of hydrogen-bond acceptors (Lipinski definition) is 2. The van der Waals surface area contributed by atoms with Crippen LogP contribution in [0.1, 0.15) is 24.0 Å². The first kappa shape index (κ1) is 13.4. The second-order valence-corrected chi connectivity index (χ2v) is 5.39. The molecule has 0 spiro atoms. The van der Waals surface area contributed by atoms with Crippen molar-refractivity contribution in [3.63, 3.8) is 0 Å². The van der Waals surface area contributed by atoms with Gasteiger partial charge in [0.05, 0.1) is 5.56 Å². The summed E-state index contributed by atoms with van der Waals surface area (Å²) in [5.74, 6) is 0. The Balaban J connectivity index is 1.83. The van der Waals surface area contributed by atoms with Gasteiger partial charge in [0, 0.05) is 30.4 Å². The quantitative estimate of drug-likeness (QED) is 0.934. The molecule has 2 heterocycles. The van der Waals surface area contributed by atoms with Crippen LogP contribution in [0.5, 0.6) is 0 Å². The first-order valence-corrected chi connectivity index (χ1v) is 6.68. The normalized spacial score (nSPS) is 16.2. The zero-order valence-electron chi connectivity index (χ0n) is 11.2. The zero-order chi connectivity index (χ0) is 14.3. The Hall–Kier alpha value is -1.56. The molecule has 1 aliphatic carbocycles. The van der Waals surface area contributed by atoms with Crippen molar-refractivity contribution >= 4 is 11.0 Å². The summed E-state index contributed by atoms with van der Waals surface area (Å²) in [7, 11) is 2.06. The van der Waals surface area contributed by atoms with Crippen molar-refractivity contribution in [2.75, 3.05) is 13.6 Å². The number of nitrogens with one attached hydrogen (secondary N) is 1. The molecule has 3 nitrogen and oxygen atoms in total. The molecule has 0 atom stereocenters. The number of rotatable bonds is 4. The summed E-state index contributed by atoms with van der Waals surface area (Å²) in [6.07, 6.45) is 1.47. The highest BCUT2D eigenvalue weighted by Gasteiger charge is 2.31. The molecular formula is C14H16F3N3. The molecular weight excluding hydrogens is 267 g/mol. The Morgan fingerprint density at radius 1 is 1.40 bits per heavy atom. The third kappa shape index (κ3) is 2.65. The van der Waals surface area contributed by atoms with Crippen molar-refractivity contribution in [3.8, 4) is 0 Å². The molecule has 0 radical (unpaired) electrons. The Bertz CT molecular complexity index is 614. The van der Waals surface area contributed by atoms with Gasteiger partial charge in [0.15, 0.2) is 0 Å². The van der Waals surface area contributed by atoms with E-state index in [1.54, 1.807) is 6.20 Å². The standard InChI is InChI=1S/C14H16F3N3/c1-20(11-2-3-11)5-4-9-7-18-13-12(9)6-10(8-19-13)14(15,16)17/h6-8,11H,2-5H2,1H3,(H,18,19). The lowest BCUT2D eigenvalue weighted by Gasteiger charge is -2.14. The molecule has 108 valence electrons. The number of aromatic nitrogens is 2. The number of halogens is 3. The van der Waals surface area contributed by atoms with Gasteiger partial charge in [-0.1, -0.05) is 0 Å². The first-order valence-electron chi connectivity index (χ1n) is 6.68. The van der Waals surface area contributed by atoms with Crippen LogP contribution in [0, 0.1) is 0 Å². The molecule has 1 N–H and O–H groups in total. The van der Waals surface area contributed by atoms with E-state index in [0.29, 0.717) is 17.1 Å². The van der Waals surface area contributed by atoms with Gasteiger partial charge in [-0.2, -0.15) is 13.2 Å². The minimum Gasteiger partial charge on any atom is -0.346 e. The molecule has 1 aliphatic rings. The van der Waals surface area contributed by atoms with Gasteiger partial charge in [-0.15, -0.1) is 0 Å². The predicted octanol–water partition coefficient (Wildman–Crippen LogP) is 3.22. The average Bonchev–Trinajstić information content (AvgIpc) is 3.16. The summed E-state index contributed by atoms with van der Waals surface area (Å²) < 4.78 is 38.2. The van der Waals surface area contributed by atoms with Gasteiger partial charge in [0.25, 0.3) is 0 Å². The smallest absolute Gasteiger partial charge is 0.346 e. The molecule has 0 unspecified atom stereocenters. The molecule has 2 aromatic rings. The molecule has 6 heteroatoms. The van der Waals surface area contributed by atoms with Gasteiger partial charge >= 0.3 is 6.18 Å². The molecule has 2 aromatic heterocycles. The summed E-state index contributed by atoms with van der Waals surface area (Å²) >= 11 is 0. The van der Waals surface area contributed by atoms with Crippen LogP contribution in [0.3, 0.4) is 0 Å². The number of hydrogen-bond donors (Lipinski definition) is 1. The molecule has 0 saturated heterocycles. The summed E-state index contributed by atoms with van der Waals surface area (Å²) in [4.78, 5) is 9.06. The van der Waals surface area contributed by atoms with Crippen LogP contribution in [-0.4, -0.2) is 34.5 Å². The van der Waals surface area contributed by atoms with E-state index in [1.165, 1.54) is 18.9 Å². The Labute approximate surface area is 114 Å². The highest BCUT2D eigenvalue weighted by Crippen LogP contribution is 2.31. The number of pyridine rings is 1. The minimum absolute atomic E-state index is 0.516. The van der Waals surface area contributed by atoms with Crippen molar-refractivity contribution < 1.29 is 13.2 Å². The lowest BCUT2D eigenvalue weighted by Crippen LogP contribution is -2.23. The molecule has 1 saturated carbocycles. The van der Waals surface area contributed by atoms with Crippen molar-refractivity contribution in [1.82, 2.24) is 14.9 Å². The molecule has 0 aromatic carbocycles. The Morgan fingerprint density at radius 2 is 2.15 bits per heavy atom. The van der Waals surface area contributed by atoms with Crippen LogP contribution >= 0.6 is 0 Å². The highest BCUT2D eigenvalue weighted by atomic mass is 19.4. The molecule has 3 rings (SSSR count). The van der Waals surface area contributed by atoms with E-state index in [2.05, 4.69) is 21.9 Å². The Morgan fingerprint density at radius 3 is 2.80 bits per heavy atom. The lowest BCUT2D eigenvalue weighted by atomic mass is 10.1. The topological polar surface area (TPSA) is 31.9 Å². The van der Waals surface area contributed by atoms with Crippen LogP contribution < -0.4 is 0 Å². The maximum Gasteiger partial charge on any atom is 0.417 e. The fourth-order valence-electron chi connectivity index (χ4n) is 2.41. The monoisotopic (exact) mass is 283 g/mol. The van der Waals surface area contributed by atoms with Gasteiger partial charge in [0.1, 0.15) is 5.65 Å². The minimum atomic E-state index is -4.35. The summed E-state index contributed by atoms with van der Waals surface area (Å²) in [5, 5.41) is 0.573. The van der Waals surface area contributed by atoms with Gasteiger partial charge < -0.3 is 9.88 Å². The number of aromatic amines is 1. The number of H-pyrrole nitrogens is 1. The van der Waals surface area contributed by atoms with E-state index in [4.69, 9.17) is 0 Å². The van der Waals surface area contributed by atoms with Crippen molar-refractivity contribution in [3.05, 3.63) is 29.6 Å². The number of alkyl halides is 3. The van der Waals surface area contributed by atoms with Gasteiger partial charge in [-0.25, -0.2) is 4.98 Å². The van der Waals surface area contributed by atoms with Crippen LogP contribution in [0.2, 0.25) is 0 Å². The summed E-state index contributed by atoms with van der Waals surface area (Å²) in [6.45, 7) is 0.855. The van der Waals surface area contributed by atoms with Crippen molar-refractivity contribution in [2.45, 2.75) is 31.5 Å². The summed E-state index contributed by atoms with van der Waals surface area (Å²) in [6, 6.07) is 1.84. The molecule has 0 amide bonds. The lowest BCUT2D eigenvalue weighted by molar-refractivity contribution is -0.137. The molecule has 20 heavy (non-hydrogen) atoms. The van der Waals surface area contributed by atoms with Crippen LogP contribution in [0.25, 0.3) is 11.0 Å². The SMILES string of the molecule is CN(CCc1c[nH]c2ncc(C(F)(F)F)cc12)C1CC1. The van der Waals surface area contributed by atoms with Gasteiger partial charge in [0.2, 0.25) is 0 Å². The third-order valence-corrected chi connectivity index (χ3v) is 3.85. The van der Waals surface area contributed by atoms with Crippen LogP contribution in [-0.2, 0) is 12.6 Å². The fraction of sp³-hybridized carbons (Fsp3) is 0.500. The third-order valence-electron chi connectivity index (χ3n) is 3.85. The number of fused-ring (bicyclic) bond motifs is 1. The number of likely N-dealkylation sites (N-methyl/N-ethyl adjacent to an activating group) is 1. The van der Waals surface area contributed by atoms with E-state index in [1.807, 2.05) is 0 Å². The number of nitrogens with zero attached hydrogens (tertiary/aromatic N) is 2. The predicted molar refractivity (Wildman–Crippen MR) is 70.5 cm³/mol. The van der Waals surface area contributed by atoms with Crippen LogP contribution in [0.4, 0.5) is 13.2 Å². The van der Waals surface area contributed by atoms with Crippen molar-refractivity contribution in [2.24, 2.45) is 0 Å². The second-order valence-electron chi connectivity index (χ2n) is 5.39. The van der Waals surface area contributed by atoms with Crippen molar-refractivity contribution in [1.29, 1.82) is 0 Å². The Kier molecular flexibility index (Phi) is 3.20. The molecule has 1 fully saturated rings. The van der Waals surface area contributed by atoms with Gasteiger partial charge in [-0.3, -0.25) is 0 Å². The maximum absolute atomic E-state index is 12.7. The molecule has 0 bridgehead atoms. The van der Waals surface area contributed by atoms with Gasteiger partial charge in [-0.05, 0) is 37.9 Å². The molecule has 0 aliphatic heterocycles. The summed E-state index contributed by atoms with van der Waals surface area (Å²) in [5.41, 5.74) is 0.717. The van der Waals surface area contributed by atoms with E-state index in [9.17, 15) is 13.2 Å².